The summed E-state index contributed by atoms with van der Waals surface area (Å²) in [7, 11) is 8.43. The van der Waals surface area contributed by atoms with E-state index in [-0.39, 0.29) is 17.3 Å². The van der Waals surface area contributed by atoms with Gasteiger partial charge < -0.3 is 0 Å². The number of rotatable bonds is 4. The smallest absolute Gasteiger partial charge is 0.194 e. The van der Waals surface area contributed by atoms with Crippen LogP contribution in [0.3, 0.4) is 0 Å². The van der Waals surface area contributed by atoms with Crippen LogP contribution >= 0.6 is 0 Å². The van der Waals surface area contributed by atoms with Crippen LogP contribution in [0.25, 0.3) is 88.6 Å². The fraction of sp³-hybridized carbons (Fsp3) is 0.412. The summed E-state index contributed by atoms with van der Waals surface area (Å²) < 4.78 is 95.4. The van der Waals surface area contributed by atoms with Crippen molar-refractivity contribution < 1.29 is 44.6 Å². The van der Waals surface area contributed by atoms with E-state index in [0.717, 1.165) is 85.0 Å². The average Bonchev–Trinajstić information content (AvgIpc) is 1.52. The number of halogens is 6. The van der Waals surface area contributed by atoms with Crippen LogP contribution < -0.4 is 18.3 Å². The van der Waals surface area contributed by atoms with Crippen LogP contribution in [-0.2, 0) is 77.5 Å². The highest BCUT2D eigenvalue weighted by molar-refractivity contribution is 5.92. The fourth-order valence-corrected chi connectivity index (χ4v) is 19.7. The Bertz CT molecular complexity index is 5860. The summed E-state index contributed by atoms with van der Waals surface area (Å²) in [6.45, 7) is 45.4. The molecule has 0 saturated heterocycles. The molecule has 0 N–H and O–H groups in total. The van der Waals surface area contributed by atoms with Gasteiger partial charge in [-0.2, -0.15) is 44.6 Å². The maximum absolute atomic E-state index is 14.4. The average molecular weight is 1510 g/mol. The van der Waals surface area contributed by atoms with Crippen molar-refractivity contribution in [1.82, 2.24) is 0 Å². The monoisotopic (exact) mass is 1510 g/mol. The maximum atomic E-state index is 14.4. The Balaban J connectivity index is 0.000000131. The Hall–Kier alpha value is -9.02. The van der Waals surface area contributed by atoms with Crippen molar-refractivity contribution in [3.05, 3.63) is 257 Å². The van der Waals surface area contributed by atoms with E-state index in [1.54, 1.807) is 39.8 Å². The molecule has 12 aromatic rings. The Labute approximate surface area is 663 Å². The van der Waals surface area contributed by atoms with Gasteiger partial charge in [0.1, 0.15) is 28.2 Å². The zero-order valence-electron chi connectivity index (χ0n) is 71.6. The van der Waals surface area contributed by atoms with Crippen molar-refractivity contribution >= 4 is 43.6 Å². The first kappa shape index (κ1) is 81.0. The number of hydrogen-bond acceptors (Lipinski definition) is 0. The van der Waals surface area contributed by atoms with Gasteiger partial charge in [0.2, 0.25) is 44.8 Å². The lowest BCUT2D eigenvalue weighted by Gasteiger charge is -2.44. The number of nitrogens with zero attached hydrogens (tertiary/aromatic N) is 4. The van der Waals surface area contributed by atoms with E-state index in [4.69, 9.17) is 0 Å². The molecule has 16 rings (SSSR count). The van der Waals surface area contributed by atoms with E-state index < -0.39 is 34.0 Å². The van der Waals surface area contributed by atoms with E-state index in [1.807, 2.05) is 49.0 Å². The minimum atomic E-state index is -4.35. The van der Waals surface area contributed by atoms with Crippen LogP contribution in [0.15, 0.2) is 146 Å². The standard InChI is InChI=1S/C27H31F3N.C27H34N.C25H27F3N.C23H26N/c1-16-11-17(2)18(3)21(12-16)23-13-20-14-25(4,5)26(6,27(28,29)30)15-19-9-8-10-22(24(19)20)31(23)7;1-17-12-18(2)19(3)22(13-17)24-14-21-16-27(6,7)26(4,5)15-20-10-9-11-23(25(20)21)28(24)8;1-14-11-15(2)16(3)17(12-14)21-13-19-22-18(9-8-10-20(22)29(21)7)24(6,23(19,4)5)25(26,27)28;1-15-12-16(2)17(3)20(13-15)22-14-19-9-6-5-8-18-10-7-11-21(23(18)19)24(22)4/h8-13H,14-15H2,1-7H3;9-14H,15-16H2,1-8H3;8-13H,1-7H3;7,10-14H,5-6,8-9H2,1-4H3/q4*+1. The molecule has 2 unspecified atom stereocenters. The molecule has 4 aliphatic rings. The van der Waals surface area contributed by atoms with Crippen molar-refractivity contribution in [2.24, 2.45) is 49.9 Å². The zero-order valence-corrected chi connectivity index (χ0v) is 71.6. The molecule has 112 heavy (non-hydrogen) atoms. The second-order valence-electron chi connectivity index (χ2n) is 37.1. The molecule has 0 amide bonds. The molecule has 4 aromatic heterocycles. The highest BCUT2D eigenvalue weighted by Crippen LogP contribution is 2.62. The Morgan fingerprint density at radius 2 is 0.598 bits per heavy atom. The minimum Gasteiger partial charge on any atom is -0.194 e. The number of aromatic nitrogens is 4. The predicted octanol–water partition coefficient (Wildman–Crippen LogP) is 24.9. The molecule has 0 aliphatic heterocycles. The van der Waals surface area contributed by atoms with Crippen LogP contribution in [0.1, 0.15) is 193 Å². The van der Waals surface area contributed by atoms with Crippen molar-refractivity contribution in [2.75, 3.05) is 0 Å². The first-order valence-corrected chi connectivity index (χ1v) is 40.4. The molecule has 4 heterocycles. The number of pyridine rings is 4. The molecule has 0 saturated carbocycles. The third kappa shape index (κ3) is 13.3. The van der Waals surface area contributed by atoms with Gasteiger partial charge in [-0.05, 0) is 271 Å². The lowest BCUT2D eigenvalue weighted by molar-refractivity contribution is -0.633. The number of alkyl halides is 6. The summed E-state index contributed by atoms with van der Waals surface area (Å²) in [6, 6.07) is 51.8. The van der Waals surface area contributed by atoms with Gasteiger partial charge in [-0.1, -0.05) is 157 Å². The topological polar surface area (TPSA) is 15.5 Å². The molecule has 584 valence electrons. The summed E-state index contributed by atoms with van der Waals surface area (Å²) >= 11 is 0. The second kappa shape index (κ2) is 28.5. The normalized spacial score (nSPS) is 18.4. The van der Waals surface area contributed by atoms with E-state index in [9.17, 15) is 26.3 Å². The van der Waals surface area contributed by atoms with Gasteiger partial charge in [-0.3, -0.25) is 0 Å². The second-order valence-corrected chi connectivity index (χ2v) is 37.1. The van der Waals surface area contributed by atoms with Gasteiger partial charge in [0.15, 0.2) is 0 Å². The third-order valence-corrected chi connectivity index (χ3v) is 28.7. The number of benzene rings is 8. The van der Waals surface area contributed by atoms with E-state index in [0.29, 0.717) is 12.0 Å². The van der Waals surface area contributed by atoms with Gasteiger partial charge in [-0.15, -0.1) is 0 Å². The van der Waals surface area contributed by atoms with Crippen molar-refractivity contribution in [3.63, 3.8) is 0 Å². The Morgan fingerprint density at radius 1 is 0.295 bits per heavy atom. The highest BCUT2D eigenvalue weighted by atomic mass is 19.4. The third-order valence-electron chi connectivity index (χ3n) is 28.7. The van der Waals surface area contributed by atoms with Gasteiger partial charge in [0.25, 0.3) is 0 Å². The van der Waals surface area contributed by atoms with E-state index in [1.165, 1.54) is 162 Å². The van der Waals surface area contributed by atoms with Crippen LogP contribution in [0.5, 0.6) is 0 Å². The maximum Gasteiger partial charge on any atom is 0.399 e. The molecule has 10 heteroatoms. The van der Waals surface area contributed by atoms with E-state index in [2.05, 4.69) is 242 Å². The molecule has 0 bridgehead atoms. The molecule has 4 nitrogen and oxygen atoms in total. The zero-order chi connectivity index (χ0) is 81.7. The fourth-order valence-electron chi connectivity index (χ4n) is 19.7. The van der Waals surface area contributed by atoms with Gasteiger partial charge in [0.05, 0.1) is 32.4 Å². The predicted molar refractivity (Wildman–Crippen MR) is 452 cm³/mol. The minimum absolute atomic E-state index is 0.00420. The Kier molecular flexibility index (Phi) is 20.6. The van der Waals surface area contributed by atoms with Crippen molar-refractivity contribution in [3.8, 4) is 45.0 Å². The molecule has 8 aromatic carbocycles. The molecule has 0 spiro atoms. The van der Waals surface area contributed by atoms with Gasteiger partial charge in [-0.25, -0.2) is 0 Å². The molecule has 0 radical (unpaired) electrons. The number of hydrogen-bond donors (Lipinski definition) is 0. The largest absolute Gasteiger partial charge is 0.399 e. The van der Waals surface area contributed by atoms with Gasteiger partial charge >= 0.3 is 12.4 Å². The Morgan fingerprint density at radius 3 is 0.973 bits per heavy atom. The molecular formula is C102H118F6N4+4. The summed E-state index contributed by atoms with van der Waals surface area (Å²) in [6.07, 6.45) is -0.995. The van der Waals surface area contributed by atoms with E-state index >= 15 is 0 Å². The summed E-state index contributed by atoms with van der Waals surface area (Å²) in [5, 5.41) is 4.71. The van der Waals surface area contributed by atoms with Gasteiger partial charge in [0, 0.05) is 76.2 Å². The first-order chi connectivity index (χ1) is 52.2. The van der Waals surface area contributed by atoms with Crippen molar-refractivity contribution in [2.45, 2.75) is 227 Å². The first-order valence-electron chi connectivity index (χ1n) is 40.4. The quantitative estimate of drug-likeness (QED) is 0.123. The van der Waals surface area contributed by atoms with Crippen LogP contribution in [0.2, 0.25) is 0 Å². The van der Waals surface area contributed by atoms with Crippen LogP contribution in [-0.4, -0.2) is 12.4 Å². The molecule has 4 aliphatic carbocycles. The lowest BCUT2D eigenvalue weighted by atomic mass is 9.62. The summed E-state index contributed by atoms with van der Waals surface area (Å²) in [4.78, 5) is 0. The summed E-state index contributed by atoms with van der Waals surface area (Å²) in [5.41, 5.74) is 33.3. The van der Waals surface area contributed by atoms with Crippen molar-refractivity contribution in [1.29, 1.82) is 0 Å². The molecule has 0 fully saturated rings. The van der Waals surface area contributed by atoms with Crippen LogP contribution in [0, 0.1) is 105 Å². The van der Waals surface area contributed by atoms with Crippen LogP contribution in [0.4, 0.5) is 26.3 Å². The lowest BCUT2D eigenvalue weighted by Crippen LogP contribution is -2.50. The molecular weight excluding hydrogens is 1400 g/mol. The molecule has 2 atom stereocenters. The highest BCUT2D eigenvalue weighted by Gasteiger charge is 2.66. The SMILES string of the molecule is Cc1cc(C)c(C)c(-c2cc3c4c(cccc4[n+]2C)C(C)(C(F)(F)F)C3(C)C)c1.Cc1cc(C)c(C)c(-c2cc3c4c(cccc4[n+]2C)CC(C)(C(F)(F)F)C(C)(C)C3)c1.Cc1cc(C)c(C)c(-c2cc3c4c(cccc4[n+]2C)CC(C)(C)C(C)(C)C3)c1.Cc1cc(C)c(C)c(-c2cc3c4c(cccc4[n+]2C)CCCC3)c1. The summed E-state index contributed by atoms with van der Waals surface area (Å²) in [5.74, 6) is 0. The number of aryl methyl sites for hydroxylation is 14.